The number of fused-ring (bicyclic) bond motifs is 1. The fourth-order valence-corrected chi connectivity index (χ4v) is 4.23. The van der Waals surface area contributed by atoms with Gasteiger partial charge in [0.25, 0.3) is 5.91 Å². The summed E-state index contributed by atoms with van der Waals surface area (Å²) in [4.78, 5) is 27.8. The molecule has 7 nitrogen and oxygen atoms in total. The van der Waals surface area contributed by atoms with Crippen molar-refractivity contribution in [3.05, 3.63) is 76.2 Å². The van der Waals surface area contributed by atoms with Crippen LogP contribution in [0.25, 0.3) is 11.0 Å². The van der Waals surface area contributed by atoms with Crippen molar-refractivity contribution in [2.24, 2.45) is 0 Å². The SMILES string of the molecule is C=CCc1cc(C(=O)Nc2cc3ccc(OC4CCN(C)CC4)c(C)c3oc2=O)ccc1OC. The molecule has 1 N–H and O–H groups in total. The number of carbonyl (C=O) groups is 1. The molecule has 2 heterocycles. The minimum absolute atomic E-state index is 0.0852. The third-order valence-corrected chi connectivity index (χ3v) is 6.22. The highest BCUT2D eigenvalue weighted by atomic mass is 16.5. The Hall–Kier alpha value is -3.58. The zero-order chi connectivity index (χ0) is 24.2. The number of nitrogens with zero attached hydrogens (tertiary/aromatic N) is 1. The summed E-state index contributed by atoms with van der Waals surface area (Å²) in [5.41, 5.74) is 1.96. The average molecular weight is 463 g/mol. The van der Waals surface area contributed by atoms with E-state index in [0.29, 0.717) is 28.7 Å². The number of methoxy groups -OCH3 is 1. The molecule has 178 valence electrons. The molecule has 1 aromatic heterocycles. The number of likely N-dealkylation sites (tertiary alicyclic amines) is 1. The number of amides is 1. The van der Waals surface area contributed by atoms with Crippen LogP contribution in [-0.2, 0) is 6.42 Å². The minimum Gasteiger partial charge on any atom is -0.496 e. The lowest BCUT2D eigenvalue weighted by atomic mass is 10.1. The van der Waals surface area contributed by atoms with Crippen LogP contribution in [0, 0.1) is 6.92 Å². The molecule has 1 saturated heterocycles. The largest absolute Gasteiger partial charge is 0.496 e. The summed E-state index contributed by atoms with van der Waals surface area (Å²) in [5, 5.41) is 3.39. The summed E-state index contributed by atoms with van der Waals surface area (Å²) < 4.78 is 17.2. The summed E-state index contributed by atoms with van der Waals surface area (Å²) in [6, 6.07) is 10.5. The smallest absolute Gasteiger partial charge is 0.360 e. The Balaban J connectivity index is 1.56. The van der Waals surface area contributed by atoms with Crippen LogP contribution in [0.2, 0.25) is 0 Å². The first-order valence-corrected chi connectivity index (χ1v) is 11.4. The molecule has 2 aromatic carbocycles. The number of nitrogens with one attached hydrogen (secondary N) is 1. The van der Waals surface area contributed by atoms with Crippen molar-refractivity contribution in [1.29, 1.82) is 0 Å². The molecule has 1 amide bonds. The normalized spacial score (nSPS) is 14.7. The Bertz CT molecular complexity index is 1270. The van der Waals surface area contributed by atoms with Gasteiger partial charge in [-0.05, 0) is 75.2 Å². The lowest BCUT2D eigenvalue weighted by Crippen LogP contribution is -2.35. The van der Waals surface area contributed by atoms with Crippen molar-refractivity contribution in [3.63, 3.8) is 0 Å². The van der Waals surface area contributed by atoms with Crippen LogP contribution in [-0.4, -0.2) is 44.2 Å². The van der Waals surface area contributed by atoms with E-state index in [-0.39, 0.29) is 11.8 Å². The molecular formula is C27H30N2O5. The highest BCUT2D eigenvalue weighted by molar-refractivity contribution is 6.05. The number of aryl methyl sites for hydroxylation is 1. The summed E-state index contributed by atoms with van der Waals surface area (Å²) in [7, 11) is 3.69. The van der Waals surface area contributed by atoms with Crippen molar-refractivity contribution in [2.45, 2.75) is 32.3 Å². The van der Waals surface area contributed by atoms with Crippen molar-refractivity contribution in [1.82, 2.24) is 4.90 Å². The fraction of sp³-hybridized carbons (Fsp3) is 0.333. The predicted molar refractivity (Wildman–Crippen MR) is 133 cm³/mol. The molecular weight excluding hydrogens is 432 g/mol. The van der Waals surface area contributed by atoms with E-state index >= 15 is 0 Å². The Morgan fingerprint density at radius 3 is 2.65 bits per heavy atom. The number of rotatable bonds is 7. The molecule has 7 heteroatoms. The van der Waals surface area contributed by atoms with Crippen molar-refractivity contribution >= 4 is 22.6 Å². The maximum Gasteiger partial charge on any atom is 0.360 e. The Labute approximate surface area is 199 Å². The lowest BCUT2D eigenvalue weighted by molar-refractivity contribution is 0.102. The molecule has 3 aromatic rings. The lowest BCUT2D eigenvalue weighted by Gasteiger charge is -2.29. The van der Waals surface area contributed by atoms with Crippen LogP contribution in [0.15, 0.2) is 58.3 Å². The molecule has 0 radical (unpaired) electrons. The third-order valence-electron chi connectivity index (χ3n) is 6.22. The molecule has 0 bridgehead atoms. The fourth-order valence-electron chi connectivity index (χ4n) is 4.23. The zero-order valence-corrected chi connectivity index (χ0v) is 19.8. The first-order chi connectivity index (χ1) is 16.4. The summed E-state index contributed by atoms with van der Waals surface area (Å²) in [5.74, 6) is 0.990. The van der Waals surface area contributed by atoms with Crippen LogP contribution in [0.1, 0.15) is 34.3 Å². The molecule has 0 unspecified atom stereocenters. The van der Waals surface area contributed by atoms with Crippen LogP contribution in [0.3, 0.4) is 0 Å². The van der Waals surface area contributed by atoms with Gasteiger partial charge in [-0.3, -0.25) is 4.79 Å². The van der Waals surface area contributed by atoms with E-state index in [1.807, 2.05) is 19.1 Å². The Morgan fingerprint density at radius 1 is 1.21 bits per heavy atom. The molecule has 1 aliphatic rings. The number of hydrogen-bond donors (Lipinski definition) is 1. The zero-order valence-electron chi connectivity index (χ0n) is 19.8. The van der Waals surface area contributed by atoms with Gasteiger partial charge in [0.1, 0.15) is 28.9 Å². The van der Waals surface area contributed by atoms with E-state index < -0.39 is 11.5 Å². The summed E-state index contributed by atoms with van der Waals surface area (Å²) in [6.45, 7) is 7.62. The Morgan fingerprint density at radius 2 is 1.94 bits per heavy atom. The van der Waals surface area contributed by atoms with Crippen LogP contribution in [0.4, 0.5) is 5.69 Å². The van der Waals surface area contributed by atoms with E-state index in [0.717, 1.165) is 42.8 Å². The molecule has 0 saturated carbocycles. The van der Waals surface area contributed by atoms with Gasteiger partial charge in [-0.25, -0.2) is 4.79 Å². The highest BCUT2D eigenvalue weighted by Gasteiger charge is 2.20. The number of hydrogen-bond acceptors (Lipinski definition) is 6. The molecule has 0 spiro atoms. The number of allylic oxidation sites excluding steroid dienone is 1. The van der Waals surface area contributed by atoms with Gasteiger partial charge in [0.2, 0.25) is 0 Å². The van der Waals surface area contributed by atoms with Gasteiger partial charge in [0, 0.05) is 29.6 Å². The predicted octanol–water partition coefficient (Wildman–Crippen LogP) is 4.56. The van der Waals surface area contributed by atoms with Gasteiger partial charge in [-0.2, -0.15) is 0 Å². The van der Waals surface area contributed by atoms with Gasteiger partial charge < -0.3 is 24.1 Å². The molecule has 1 aliphatic heterocycles. The maximum absolute atomic E-state index is 12.8. The molecule has 1 fully saturated rings. The Kier molecular flexibility index (Phi) is 7.03. The number of benzene rings is 2. The van der Waals surface area contributed by atoms with Gasteiger partial charge in [-0.1, -0.05) is 6.08 Å². The quantitative estimate of drug-likeness (QED) is 0.409. The van der Waals surface area contributed by atoms with Crippen molar-refractivity contribution < 1.29 is 18.7 Å². The summed E-state index contributed by atoms with van der Waals surface area (Å²) >= 11 is 0. The third kappa shape index (κ3) is 4.99. The number of ether oxygens (including phenoxy) is 2. The van der Waals surface area contributed by atoms with Crippen molar-refractivity contribution in [3.8, 4) is 11.5 Å². The number of piperidine rings is 1. The van der Waals surface area contributed by atoms with Crippen LogP contribution < -0.4 is 20.4 Å². The van der Waals surface area contributed by atoms with E-state index in [1.165, 1.54) is 0 Å². The summed E-state index contributed by atoms with van der Waals surface area (Å²) in [6.07, 6.45) is 4.37. The molecule has 34 heavy (non-hydrogen) atoms. The molecule has 0 atom stereocenters. The number of carbonyl (C=O) groups excluding carboxylic acids is 1. The second-order valence-corrected chi connectivity index (χ2v) is 8.65. The highest BCUT2D eigenvalue weighted by Crippen LogP contribution is 2.30. The first-order valence-electron chi connectivity index (χ1n) is 11.4. The monoisotopic (exact) mass is 462 g/mol. The van der Waals surface area contributed by atoms with E-state index in [2.05, 4.69) is 23.8 Å². The standard InChI is InChI=1S/C27H30N2O5/c1-5-6-18-15-20(8-10-24(18)32-4)26(30)28-22-16-19-7-9-23(17(2)25(19)34-27(22)31)33-21-11-13-29(3)14-12-21/h5,7-10,15-16,21H,1,6,11-14H2,2-4H3,(H,28,30). The van der Waals surface area contributed by atoms with E-state index in [9.17, 15) is 9.59 Å². The second kappa shape index (κ2) is 10.1. The minimum atomic E-state index is -0.611. The topological polar surface area (TPSA) is 81.0 Å². The van der Waals surface area contributed by atoms with Gasteiger partial charge in [0.05, 0.1) is 7.11 Å². The van der Waals surface area contributed by atoms with Gasteiger partial charge in [0.15, 0.2) is 0 Å². The maximum atomic E-state index is 12.8. The molecule has 0 aliphatic carbocycles. The van der Waals surface area contributed by atoms with Crippen LogP contribution >= 0.6 is 0 Å². The van der Waals surface area contributed by atoms with Crippen molar-refractivity contribution in [2.75, 3.05) is 32.6 Å². The van der Waals surface area contributed by atoms with Gasteiger partial charge >= 0.3 is 5.63 Å². The van der Waals surface area contributed by atoms with E-state index in [1.54, 1.807) is 37.5 Å². The molecule has 4 rings (SSSR count). The number of anilines is 1. The first kappa shape index (κ1) is 23.6. The van der Waals surface area contributed by atoms with E-state index in [4.69, 9.17) is 13.9 Å². The average Bonchev–Trinajstić information content (AvgIpc) is 2.83. The van der Waals surface area contributed by atoms with Crippen LogP contribution in [0.5, 0.6) is 11.5 Å². The second-order valence-electron chi connectivity index (χ2n) is 8.65. The van der Waals surface area contributed by atoms with Gasteiger partial charge in [-0.15, -0.1) is 6.58 Å².